The van der Waals surface area contributed by atoms with Crippen LogP contribution in [-0.4, -0.2) is 8.07 Å². The summed E-state index contributed by atoms with van der Waals surface area (Å²) in [4.78, 5) is 0. The van der Waals surface area contributed by atoms with Crippen LogP contribution in [0, 0.1) is 23.7 Å². The number of hydrogen-bond donors (Lipinski definition) is 0. The summed E-state index contributed by atoms with van der Waals surface area (Å²) in [5.41, 5.74) is 2.00. The van der Waals surface area contributed by atoms with E-state index in [4.69, 9.17) is 0 Å². The minimum absolute atomic E-state index is 0.821. The van der Waals surface area contributed by atoms with Gasteiger partial charge in [0.25, 0.3) is 0 Å². The van der Waals surface area contributed by atoms with Gasteiger partial charge in [-0.3, -0.25) is 0 Å². The van der Waals surface area contributed by atoms with Gasteiger partial charge in [-0.15, -0.1) is 0 Å². The average Bonchev–Trinajstić information content (AvgIpc) is 3.34. The summed E-state index contributed by atoms with van der Waals surface area (Å²) in [5.74, 6) is 3.34. The molecule has 8 unspecified atom stereocenters. The second-order valence-corrected chi connectivity index (χ2v) is 33.7. The van der Waals surface area contributed by atoms with Crippen molar-refractivity contribution in [1.82, 2.24) is 0 Å². The monoisotopic (exact) mass is 566 g/mol. The Hall–Kier alpha value is -0.733. The Morgan fingerprint density at radius 3 is 1.72 bits per heavy atom. The van der Waals surface area contributed by atoms with Crippen LogP contribution in [0.2, 0.25) is 34.3 Å². The Kier molecular flexibility index (Phi) is 4.34. The maximum absolute atomic E-state index is 2.88. The molecule has 0 amide bonds. The van der Waals surface area contributed by atoms with E-state index in [0.29, 0.717) is 0 Å². The molecule has 0 bridgehead atoms. The first kappa shape index (κ1) is 19.0. The Morgan fingerprint density at radius 2 is 1.21 bits per heavy atom. The standard InChI is InChI=1S/C25H28Si.2CH3.Hf/c1-26(23-13-3-2-4-14-23,24-15-19-9-5-6-10-20(19)16-24)25-17-21-11-7-8-12-22(21)18-25;;;/h2-15,17,19-22,24-25H,16,18H2,1H3;2*1H3;. The third-order valence-corrected chi connectivity index (χ3v) is 36.2. The molecule has 1 saturated heterocycles. The predicted octanol–water partition coefficient (Wildman–Crippen LogP) is 7.08. The van der Waals surface area contributed by atoms with Gasteiger partial charge in [-0.2, -0.15) is 0 Å². The van der Waals surface area contributed by atoms with Crippen LogP contribution in [0.4, 0.5) is 0 Å². The zero-order chi connectivity index (χ0) is 19.8. The molecule has 4 aliphatic carbocycles. The van der Waals surface area contributed by atoms with Crippen LogP contribution in [-0.2, 0) is 20.0 Å². The topological polar surface area (TPSA) is 0 Å². The second kappa shape index (κ2) is 6.63. The van der Waals surface area contributed by atoms with Gasteiger partial charge in [-0.05, 0) is 0 Å². The molecule has 2 saturated carbocycles. The number of rotatable bonds is 1. The molecule has 29 heavy (non-hydrogen) atoms. The van der Waals surface area contributed by atoms with Crippen LogP contribution in [0.1, 0.15) is 12.8 Å². The van der Waals surface area contributed by atoms with Crippen molar-refractivity contribution in [2.75, 3.05) is 0 Å². The molecule has 8 atom stereocenters. The number of hydrogen-bond acceptors (Lipinski definition) is 0. The molecule has 1 aromatic rings. The third-order valence-electron chi connectivity index (χ3n) is 10.00. The summed E-state index contributed by atoms with van der Waals surface area (Å²) in [6, 6.07) is 11.9. The molecule has 2 heteroatoms. The van der Waals surface area contributed by atoms with Gasteiger partial charge in [0.15, 0.2) is 0 Å². The molecule has 1 heterocycles. The summed E-state index contributed by atoms with van der Waals surface area (Å²) < 4.78 is 7.85. The van der Waals surface area contributed by atoms with Gasteiger partial charge in [0.05, 0.1) is 0 Å². The first-order chi connectivity index (χ1) is 14.0. The van der Waals surface area contributed by atoms with Crippen molar-refractivity contribution < 1.29 is 20.0 Å². The van der Waals surface area contributed by atoms with Crippen molar-refractivity contribution >= 4 is 13.3 Å². The SMILES string of the molecule is C[Si]1(c2ccccc2)C2CC3C=CC=CC3[CH]2[Hf]([CH3])([CH3])[CH]2C3C=CC=CC3CC21. The molecule has 1 aromatic carbocycles. The van der Waals surface area contributed by atoms with E-state index in [1.54, 1.807) is 5.19 Å². The molecular formula is C27H34HfSi. The maximum atomic E-state index is 2.88. The Balaban J connectivity index is 1.56. The fraction of sp³-hybridized carbons (Fsp3) is 0.481. The average molecular weight is 565 g/mol. The molecule has 5 aliphatic rings. The van der Waals surface area contributed by atoms with E-state index in [1.807, 2.05) is 0 Å². The van der Waals surface area contributed by atoms with Crippen LogP contribution in [0.5, 0.6) is 0 Å². The van der Waals surface area contributed by atoms with E-state index in [-0.39, 0.29) is 0 Å². The molecule has 0 aromatic heterocycles. The van der Waals surface area contributed by atoms with E-state index in [1.165, 1.54) is 12.8 Å². The van der Waals surface area contributed by atoms with E-state index >= 15 is 0 Å². The van der Waals surface area contributed by atoms with E-state index in [0.717, 1.165) is 42.1 Å². The van der Waals surface area contributed by atoms with Crippen molar-refractivity contribution in [3.8, 4) is 0 Å². The molecule has 0 nitrogen and oxygen atoms in total. The quantitative estimate of drug-likeness (QED) is 0.320. The van der Waals surface area contributed by atoms with Crippen LogP contribution >= 0.6 is 0 Å². The van der Waals surface area contributed by atoms with Crippen LogP contribution in [0.3, 0.4) is 0 Å². The number of fused-ring (bicyclic) bond motifs is 6. The molecular weight excluding hydrogens is 531 g/mol. The molecule has 0 spiro atoms. The van der Waals surface area contributed by atoms with E-state index in [9.17, 15) is 0 Å². The molecule has 0 N–H and O–H groups in total. The predicted molar refractivity (Wildman–Crippen MR) is 124 cm³/mol. The molecule has 3 fully saturated rings. The number of benzene rings is 1. The van der Waals surface area contributed by atoms with Gasteiger partial charge < -0.3 is 0 Å². The van der Waals surface area contributed by atoms with Crippen molar-refractivity contribution in [2.45, 2.75) is 47.2 Å². The summed E-state index contributed by atoms with van der Waals surface area (Å²) >= 11 is -2.52. The Bertz CT molecular complexity index is 871. The fourth-order valence-electron chi connectivity index (χ4n) is 8.99. The van der Waals surface area contributed by atoms with Gasteiger partial charge in [0.1, 0.15) is 0 Å². The third kappa shape index (κ3) is 2.51. The fourth-order valence-corrected chi connectivity index (χ4v) is 49.0. The molecule has 1 aliphatic heterocycles. The van der Waals surface area contributed by atoms with Crippen LogP contribution < -0.4 is 5.19 Å². The van der Waals surface area contributed by atoms with Crippen molar-refractivity contribution in [3.63, 3.8) is 0 Å². The summed E-state index contributed by atoms with van der Waals surface area (Å²) in [6.07, 6.45) is 22.8. The number of allylic oxidation sites excluding steroid dienone is 8. The van der Waals surface area contributed by atoms with E-state index in [2.05, 4.69) is 94.8 Å². The second-order valence-electron chi connectivity index (χ2n) is 11.2. The van der Waals surface area contributed by atoms with Crippen molar-refractivity contribution in [1.29, 1.82) is 0 Å². The first-order valence-electron chi connectivity index (χ1n) is 11.8. The minimum atomic E-state index is -2.52. The molecule has 150 valence electrons. The summed E-state index contributed by atoms with van der Waals surface area (Å²) in [5, 5.41) is 1.77. The van der Waals surface area contributed by atoms with Gasteiger partial charge in [0, 0.05) is 0 Å². The Morgan fingerprint density at radius 1 is 0.724 bits per heavy atom. The van der Waals surface area contributed by atoms with E-state index < -0.39 is 28.0 Å². The van der Waals surface area contributed by atoms with Gasteiger partial charge in [-0.1, -0.05) is 0 Å². The zero-order valence-corrected chi connectivity index (χ0v) is 22.6. The van der Waals surface area contributed by atoms with Crippen LogP contribution in [0.15, 0.2) is 78.9 Å². The zero-order valence-electron chi connectivity index (χ0n) is 18.0. The molecule has 0 radical (unpaired) electrons. The van der Waals surface area contributed by atoms with Gasteiger partial charge in [0.2, 0.25) is 0 Å². The van der Waals surface area contributed by atoms with Crippen molar-refractivity contribution in [3.05, 3.63) is 78.9 Å². The van der Waals surface area contributed by atoms with Crippen LogP contribution in [0.25, 0.3) is 0 Å². The summed E-state index contributed by atoms with van der Waals surface area (Å²) in [7, 11) is -1.62. The first-order valence-corrected chi connectivity index (χ1v) is 25.8. The summed E-state index contributed by atoms with van der Waals surface area (Å²) in [6.45, 7) is 2.83. The Labute approximate surface area is 182 Å². The van der Waals surface area contributed by atoms with Crippen molar-refractivity contribution in [2.24, 2.45) is 23.7 Å². The van der Waals surface area contributed by atoms with Gasteiger partial charge in [-0.25, -0.2) is 0 Å². The van der Waals surface area contributed by atoms with Gasteiger partial charge >= 0.3 is 183 Å². The molecule has 6 rings (SSSR count). The normalized spacial score (nSPS) is 48.1.